The van der Waals surface area contributed by atoms with Crippen LogP contribution in [0.5, 0.6) is 0 Å². The van der Waals surface area contributed by atoms with Crippen LogP contribution in [0.4, 0.5) is 5.69 Å². The molecule has 1 N–H and O–H groups in total. The van der Waals surface area contributed by atoms with Crippen molar-refractivity contribution in [2.45, 2.75) is 51.6 Å². The first-order valence-corrected chi connectivity index (χ1v) is 15.3. The van der Waals surface area contributed by atoms with Gasteiger partial charge in [0.1, 0.15) is 12.6 Å². The van der Waals surface area contributed by atoms with Gasteiger partial charge < -0.3 is 10.2 Å². The van der Waals surface area contributed by atoms with E-state index in [1.165, 1.54) is 35.2 Å². The average molecular weight is 605 g/mol. The van der Waals surface area contributed by atoms with Crippen molar-refractivity contribution in [1.82, 2.24) is 10.2 Å². The lowest BCUT2D eigenvalue weighted by Gasteiger charge is -2.33. The minimum atomic E-state index is -4.20. The van der Waals surface area contributed by atoms with E-state index in [-0.39, 0.29) is 29.0 Å². The molecular weight excluding hydrogens is 569 g/mol. The van der Waals surface area contributed by atoms with Crippen LogP contribution < -0.4 is 9.62 Å². The molecule has 0 aromatic heterocycles. The molecular formula is C30H35Cl2N3O4S. The molecule has 0 aliphatic heterocycles. The molecule has 0 fully saturated rings. The lowest BCUT2D eigenvalue weighted by atomic mass is 10.1. The number of amides is 2. The van der Waals surface area contributed by atoms with Crippen LogP contribution in [0.2, 0.25) is 10.0 Å². The van der Waals surface area contributed by atoms with Crippen molar-refractivity contribution >= 4 is 50.7 Å². The fourth-order valence-electron chi connectivity index (χ4n) is 4.13. The fraction of sp³-hybridized carbons (Fsp3) is 0.333. The van der Waals surface area contributed by atoms with Gasteiger partial charge in [-0.3, -0.25) is 13.9 Å². The third-order valence-corrected chi connectivity index (χ3v) is 8.60. The Balaban J connectivity index is 2.04. The van der Waals surface area contributed by atoms with Gasteiger partial charge in [0.05, 0.1) is 10.6 Å². The van der Waals surface area contributed by atoms with Gasteiger partial charge in [-0.2, -0.15) is 0 Å². The number of anilines is 1. The first-order valence-electron chi connectivity index (χ1n) is 13.1. The number of hydrogen-bond donors (Lipinski definition) is 1. The predicted molar refractivity (Wildman–Crippen MR) is 161 cm³/mol. The highest BCUT2D eigenvalue weighted by Crippen LogP contribution is 2.27. The third kappa shape index (κ3) is 8.22. The maximum atomic E-state index is 14.0. The van der Waals surface area contributed by atoms with Crippen LogP contribution in [0.3, 0.4) is 0 Å². The van der Waals surface area contributed by atoms with Gasteiger partial charge >= 0.3 is 0 Å². The van der Waals surface area contributed by atoms with Crippen molar-refractivity contribution in [3.8, 4) is 0 Å². The molecule has 0 radical (unpaired) electrons. The summed E-state index contributed by atoms with van der Waals surface area (Å²) in [5.74, 6) is -0.582. The summed E-state index contributed by atoms with van der Waals surface area (Å²) < 4.78 is 28.7. The van der Waals surface area contributed by atoms with Crippen LogP contribution in [0.1, 0.15) is 38.3 Å². The molecule has 3 rings (SSSR count). The number of rotatable bonds is 12. The van der Waals surface area contributed by atoms with Crippen LogP contribution >= 0.6 is 23.2 Å². The molecule has 10 heteroatoms. The molecule has 0 spiro atoms. The van der Waals surface area contributed by atoms with Crippen molar-refractivity contribution in [2.24, 2.45) is 5.92 Å². The maximum Gasteiger partial charge on any atom is 0.264 e. The summed E-state index contributed by atoms with van der Waals surface area (Å²) in [5, 5.41) is 3.62. The fourth-order valence-corrected chi connectivity index (χ4v) is 5.84. The van der Waals surface area contributed by atoms with E-state index in [4.69, 9.17) is 23.2 Å². The Labute approximate surface area is 247 Å². The number of sulfonamides is 1. The predicted octanol–water partition coefficient (Wildman–Crippen LogP) is 6.08. The van der Waals surface area contributed by atoms with E-state index in [0.29, 0.717) is 23.0 Å². The van der Waals surface area contributed by atoms with Crippen LogP contribution in [0, 0.1) is 12.8 Å². The van der Waals surface area contributed by atoms with E-state index in [2.05, 4.69) is 5.32 Å². The van der Waals surface area contributed by atoms with Gasteiger partial charge in [-0.25, -0.2) is 8.42 Å². The van der Waals surface area contributed by atoms with Crippen molar-refractivity contribution in [3.05, 3.63) is 94.0 Å². The van der Waals surface area contributed by atoms with Crippen molar-refractivity contribution in [2.75, 3.05) is 17.4 Å². The first kappa shape index (κ1) is 31.5. The van der Waals surface area contributed by atoms with Gasteiger partial charge in [-0.15, -0.1) is 0 Å². The monoisotopic (exact) mass is 603 g/mol. The Kier molecular flexibility index (Phi) is 11.0. The van der Waals surface area contributed by atoms with Gasteiger partial charge in [0, 0.05) is 23.1 Å². The second-order valence-electron chi connectivity index (χ2n) is 10.0. The summed E-state index contributed by atoms with van der Waals surface area (Å²) in [6.45, 7) is 7.82. The molecule has 214 valence electrons. The molecule has 2 amide bonds. The number of nitrogens with zero attached hydrogens (tertiary/aromatic N) is 2. The molecule has 0 bridgehead atoms. The molecule has 0 heterocycles. The highest BCUT2D eigenvalue weighted by atomic mass is 35.5. The molecule has 0 saturated carbocycles. The number of benzene rings is 3. The van der Waals surface area contributed by atoms with Gasteiger partial charge in [0.15, 0.2) is 0 Å². The second kappa shape index (κ2) is 14.0. The average Bonchev–Trinajstić information content (AvgIpc) is 2.91. The SMILES string of the molecule is CC[C@H](C(=O)NCC(C)C)N(Cc1ccc(C)cc1)C(=O)CN(c1cccc(Cl)c1)S(=O)(=O)c1ccc(Cl)cc1. The number of hydrogen-bond acceptors (Lipinski definition) is 4. The minimum absolute atomic E-state index is 0.0310. The number of aryl methyl sites for hydroxylation is 1. The van der Waals surface area contributed by atoms with Crippen LogP contribution in [0.15, 0.2) is 77.7 Å². The highest BCUT2D eigenvalue weighted by molar-refractivity contribution is 7.92. The van der Waals surface area contributed by atoms with E-state index in [1.807, 2.05) is 52.0 Å². The van der Waals surface area contributed by atoms with Gasteiger partial charge in [-0.1, -0.05) is 79.9 Å². The van der Waals surface area contributed by atoms with Crippen LogP contribution in [-0.4, -0.2) is 44.3 Å². The standard InChI is InChI=1S/C30H35Cl2N3O4S/c1-5-28(30(37)33-18-21(2)3)34(19-23-11-9-22(4)10-12-23)29(36)20-35(26-8-6-7-25(32)17-26)40(38,39)27-15-13-24(31)14-16-27/h6-17,21,28H,5,18-20H2,1-4H3,(H,33,37)/t28-/m1/s1. The smallest absolute Gasteiger partial charge is 0.264 e. The quantitative estimate of drug-likeness (QED) is 0.272. The topological polar surface area (TPSA) is 86.8 Å². The number of halogens is 2. The summed E-state index contributed by atoms with van der Waals surface area (Å²) in [4.78, 5) is 28.7. The van der Waals surface area contributed by atoms with Gasteiger partial charge in [-0.05, 0) is 67.3 Å². The molecule has 3 aromatic carbocycles. The lowest BCUT2D eigenvalue weighted by Crippen LogP contribution is -2.52. The minimum Gasteiger partial charge on any atom is -0.354 e. The molecule has 0 saturated heterocycles. The van der Waals surface area contributed by atoms with Gasteiger partial charge in [0.25, 0.3) is 10.0 Å². The summed E-state index contributed by atoms with van der Waals surface area (Å²) in [5.41, 5.74) is 2.11. The molecule has 7 nitrogen and oxygen atoms in total. The molecule has 3 aromatic rings. The highest BCUT2D eigenvalue weighted by Gasteiger charge is 2.33. The Morgan fingerprint density at radius 3 is 2.15 bits per heavy atom. The number of carbonyl (C=O) groups is 2. The van der Waals surface area contributed by atoms with E-state index >= 15 is 0 Å². The molecule has 0 aliphatic carbocycles. The zero-order chi connectivity index (χ0) is 29.4. The Hall–Kier alpha value is -3.07. The Bertz CT molecular complexity index is 1410. The van der Waals surface area contributed by atoms with Crippen molar-refractivity contribution in [1.29, 1.82) is 0 Å². The van der Waals surface area contributed by atoms with Crippen LogP contribution in [-0.2, 0) is 26.2 Å². The molecule has 40 heavy (non-hydrogen) atoms. The summed E-state index contributed by atoms with van der Waals surface area (Å²) in [6, 6.07) is 18.9. The van der Waals surface area contributed by atoms with E-state index in [1.54, 1.807) is 18.2 Å². The zero-order valence-electron chi connectivity index (χ0n) is 23.1. The van der Waals surface area contributed by atoms with Crippen molar-refractivity contribution < 1.29 is 18.0 Å². The number of carbonyl (C=O) groups excluding carboxylic acids is 2. The summed E-state index contributed by atoms with van der Waals surface area (Å²) >= 11 is 12.2. The van der Waals surface area contributed by atoms with Crippen LogP contribution in [0.25, 0.3) is 0 Å². The molecule has 1 atom stereocenters. The zero-order valence-corrected chi connectivity index (χ0v) is 25.4. The lowest BCUT2D eigenvalue weighted by molar-refractivity contribution is -0.140. The Morgan fingerprint density at radius 1 is 0.925 bits per heavy atom. The second-order valence-corrected chi connectivity index (χ2v) is 12.8. The van der Waals surface area contributed by atoms with Crippen molar-refractivity contribution in [3.63, 3.8) is 0 Å². The number of nitrogens with one attached hydrogen (secondary N) is 1. The Morgan fingerprint density at radius 2 is 1.57 bits per heavy atom. The molecule has 0 unspecified atom stereocenters. The summed E-state index contributed by atoms with van der Waals surface area (Å²) in [7, 11) is -4.20. The van der Waals surface area contributed by atoms with Gasteiger partial charge in [0.2, 0.25) is 11.8 Å². The first-order chi connectivity index (χ1) is 18.9. The summed E-state index contributed by atoms with van der Waals surface area (Å²) in [6.07, 6.45) is 0.350. The largest absolute Gasteiger partial charge is 0.354 e. The van der Waals surface area contributed by atoms with E-state index in [9.17, 15) is 18.0 Å². The third-order valence-electron chi connectivity index (χ3n) is 6.32. The molecule has 0 aliphatic rings. The van der Waals surface area contributed by atoms with E-state index < -0.39 is 28.5 Å². The maximum absolute atomic E-state index is 14.0. The van der Waals surface area contributed by atoms with E-state index in [0.717, 1.165) is 15.4 Å². The normalized spacial score (nSPS) is 12.2.